The Morgan fingerprint density at radius 3 is 2.42 bits per heavy atom. The third-order valence-electron chi connectivity index (χ3n) is 1.77. The van der Waals surface area contributed by atoms with Gasteiger partial charge in [0.1, 0.15) is 5.60 Å². The Hall–Kier alpha value is -0.830. The van der Waals surface area contributed by atoms with Crippen LogP contribution >= 0.6 is 0 Å². The maximum absolute atomic E-state index is 11.0. The number of carbonyl (C=O) groups is 1. The van der Waals surface area contributed by atoms with E-state index in [1.807, 2.05) is 6.92 Å². The normalized spacial score (nSPS) is 15.0. The average molecular weight is 172 g/mol. The van der Waals surface area contributed by atoms with Crippen molar-refractivity contribution in [3.8, 4) is 0 Å². The van der Waals surface area contributed by atoms with E-state index in [0.29, 0.717) is 12.0 Å². The molecule has 0 radical (unpaired) electrons. The summed E-state index contributed by atoms with van der Waals surface area (Å²) in [4.78, 5) is 11.0. The third-order valence-corrected chi connectivity index (χ3v) is 1.77. The van der Waals surface area contributed by atoms with Gasteiger partial charge >= 0.3 is 5.97 Å². The van der Waals surface area contributed by atoms with Crippen LogP contribution in [-0.4, -0.2) is 23.3 Å². The summed E-state index contributed by atoms with van der Waals surface area (Å²) in [6, 6.07) is 0. The molecule has 0 bridgehead atoms. The van der Waals surface area contributed by atoms with Crippen molar-refractivity contribution in [1.82, 2.24) is 0 Å². The van der Waals surface area contributed by atoms with Crippen LogP contribution in [0, 0.1) is 0 Å². The lowest BCUT2D eigenvalue weighted by Gasteiger charge is -2.25. The van der Waals surface area contributed by atoms with Gasteiger partial charge in [0.2, 0.25) is 0 Å². The van der Waals surface area contributed by atoms with Crippen molar-refractivity contribution in [3.05, 3.63) is 12.2 Å². The van der Waals surface area contributed by atoms with E-state index in [2.05, 4.69) is 6.58 Å². The van der Waals surface area contributed by atoms with Gasteiger partial charge in [-0.3, -0.25) is 0 Å². The number of aliphatic hydroxyl groups excluding tert-OH is 1. The number of rotatable bonds is 4. The van der Waals surface area contributed by atoms with Crippen LogP contribution in [-0.2, 0) is 9.53 Å². The number of carbonyl (C=O) groups excluding carboxylic acids is 1. The lowest BCUT2D eigenvalue weighted by Crippen LogP contribution is -2.35. The number of hydrogen-bond acceptors (Lipinski definition) is 3. The minimum Gasteiger partial charge on any atom is -0.454 e. The van der Waals surface area contributed by atoms with Crippen LogP contribution in [0.15, 0.2) is 12.2 Å². The van der Waals surface area contributed by atoms with Gasteiger partial charge in [0, 0.05) is 5.57 Å². The summed E-state index contributed by atoms with van der Waals surface area (Å²) in [5.74, 6) is -0.451. The standard InChI is InChI=1S/C9H16O3/c1-5-9(4,6-10)12-8(11)7(2)3/h10H,2,5-6H2,1,3-4H3. The van der Waals surface area contributed by atoms with Gasteiger partial charge < -0.3 is 9.84 Å². The van der Waals surface area contributed by atoms with Gasteiger partial charge in [-0.05, 0) is 20.3 Å². The van der Waals surface area contributed by atoms with E-state index in [4.69, 9.17) is 9.84 Å². The van der Waals surface area contributed by atoms with E-state index < -0.39 is 11.6 Å². The Balaban J connectivity index is 4.21. The number of ether oxygens (including phenoxy) is 1. The molecule has 0 aliphatic rings. The first-order valence-electron chi connectivity index (χ1n) is 3.95. The van der Waals surface area contributed by atoms with Gasteiger partial charge in [0.25, 0.3) is 0 Å². The number of hydrogen-bond donors (Lipinski definition) is 1. The van der Waals surface area contributed by atoms with Crippen molar-refractivity contribution in [3.63, 3.8) is 0 Å². The fourth-order valence-corrected chi connectivity index (χ4v) is 0.527. The zero-order valence-corrected chi connectivity index (χ0v) is 7.89. The summed E-state index contributed by atoms with van der Waals surface area (Å²) in [5, 5.41) is 8.91. The molecule has 0 saturated heterocycles. The van der Waals surface area contributed by atoms with Crippen molar-refractivity contribution in [2.75, 3.05) is 6.61 Å². The summed E-state index contributed by atoms with van der Waals surface area (Å²) in [5.41, 5.74) is -0.418. The largest absolute Gasteiger partial charge is 0.454 e. The fourth-order valence-electron chi connectivity index (χ4n) is 0.527. The van der Waals surface area contributed by atoms with E-state index in [0.717, 1.165) is 0 Å². The van der Waals surface area contributed by atoms with E-state index in [1.54, 1.807) is 13.8 Å². The fraction of sp³-hybridized carbons (Fsp3) is 0.667. The van der Waals surface area contributed by atoms with Gasteiger partial charge in [0.05, 0.1) is 6.61 Å². The van der Waals surface area contributed by atoms with Crippen LogP contribution in [0.3, 0.4) is 0 Å². The van der Waals surface area contributed by atoms with E-state index in [-0.39, 0.29) is 6.61 Å². The quantitative estimate of drug-likeness (QED) is 0.513. The topological polar surface area (TPSA) is 46.5 Å². The molecule has 0 aromatic rings. The Bertz CT molecular complexity index is 180. The van der Waals surface area contributed by atoms with Gasteiger partial charge in [0.15, 0.2) is 0 Å². The maximum atomic E-state index is 11.0. The molecule has 0 heterocycles. The van der Waals surface area contributed by atoms with Crippen LogP contribution in [0.2, 0.25) is 0 Å². The molecule has 0 saturated carbocycles. The molecular formula is C9H16O3. The molecule has 0 aromatic heterocycles. The smallest absolute Gasteiger partial charge is 0.333 e. The summed E-state index contributed by atoms with van der Waals surface area (Å²) in [6.45, 7) is 8.40. The van der Waals surface area contributed by atoms with E-state index in [9.17, 15) is 4.79 Å². The number of aliphatic hydroxyl groups is 1. The SMILES string of the molecule is C=C(C)C(=O)OC(C)(CC)CO. The van der Waals surface area contributed by atoms with Gasteiger partial charge in [-0.15, -0.1) is 0 Å². The second-order valence-electron chi connectivity index (χ2n) is 3.13. The van der Waals surface area contributed by atoms with Gasteiger partial charge in [-0.1, -0.05) is 13.5 Å². The monoisotopic (exact) mass is 172 g/mol. The highest BCUT2D eigenvalue weighted by molar-refractivity contribution is 5.87. The molecule has 12 heavy (non-hydrogen) atoms. The first kappa shape index (κ1) is 11.2. The molecular weight excluding hydrogens is 156 g/mol. The lowest BCUT2D eigenvalue weighted by atomic mass is 10.1. The van der Waals surface area contributed by atoms with E-state index >= 15 is 0 Å². The van der Waals surface area contributed by atoms with Crippen LogP contribution in [0.4, 0.5) is 0 Å². The maximum Gasteiger partial charge on any atom is 0.333 e. The average Bonchev–Trinajstić information content (AvgIpc) is 2.04. The molecule has 0 aliphatic carbocycles. The highest BCUT2D eigenvalue weighted by Gasteiger charge is 2.25. The van der Waals surface area contributed by atoms with Crippen molar-refractivity contribution in [1.29, 1.82) is 0 Å². The van der Waals surface area contributed by atoms with Crippen LogP contribution in [0.1, 0.15) is 27.2 Å². The molecule has 1 atom stereocenters. The Morgan fingerprint density at radius 1 is 1.67 bits per heavy atom. The van der Waals surface area contributed by atoms with Crippen molar-refractivity contribution in [2.24, 2.45) is 0 Å². The molecule has 70 valence electrons. The first-order valence-corrected chi connectivity index (χ1v) is 3.95. The summed E-state index contributed by atoms with van der Waals surface area (Å²) in [6.07, 6.45) is 0.586. The number of esters is 1. The molecule has 3 nitrogen and oxygen atoms in total. The highest BCUT2D eigenvalue weighted by Crippen LogP contribution is 2.15. The molecule has 0 aromatic carbocycles. The molecule has 0 aliphatic heterocycles. The van der Waals surface area contributed by atoms with Crippen LogP contribution < -0.4 is 0 Å². The Kier molecular flexibility index (Phi) is 3.96. The first-order chi connectivity index (χ1) is 5.45. The van der Waals surface area contributed by atoms with Crippen molar-refractivity contribution >= 4 is 5.97 Å². The summed E-state index contributed by atoms with van der Waals surface area (Å²) < 4.78 is 5.01. The Morgan fingerprint density at radius 2 is 2.17 bits per heavy atom. The van der Waals surface area contributed by atoms with Crippen molar-refractivity contribution < 1.29 is 14.6 Å². The second-order valence-corrected chi connectivity index (χ2v) is 3.13. The molecule has 1 unspecified atom stereocenters. The van der Waals surface area contributed by atoms with Gasteiger partial charge in [-0.2, -0.15) is 0 Å². The zero-order chi connectivity index (χ0) is 9.78. The van der Waals surface area contributed by atoms with Crippen LogP contribution in [0.25, 0.3) is 0 Å². The molecule has 0 fully saturated rings. The molecule has 0 rings (SSSR count). The third kappa shape index (κ3) is 3.05. The minimum absolute atomic E-state index is 0.164. The summed E-state index contributed by atoms with van der Waals surface area (Å²) in [7, 11) is 0. The molecule has 0 spiro atoms. The van der Waals surface area contributed by atoms with E-state index in [1.165, 1.54) is 0 Å². The Labute approximate surface area is 73.0 Å². The molecule has 1 N–H and O–H groups in total. The highest BCUT2D eigenvalue weighted by atomic mass is 16.6. The molecule has 3 heteroatoms. The minimum atomic E-state index is -0.768. The molecule has 0 amide bonds. The zero-order valence-electron chi connectivity index (χ0n) is 7.89. The lowest BCUT2D eigenvalue weighted by molar-refractivity contribution is -0.157. The second kappa shape index (κ2) is 4.26. The predicted molar refractivity (Wildman–Crippen MR) is 46.7 cm³/mol. The predicted octanol–water partition coefficient (Wildman–Crippen LogP) is 1.27. The van der Waals surface area contributed by atoms with Gasteiger partial charge in [-0.25, -0.2) is 4.79 Å². The summed E-state index contributed by atoms with van der Waals surface area (Å²) >= 11 is 0. The van der Waals surface area contributed by atoms with Crippen molar-refractivity contribution in [2.45, 2.75) is 32.8 Å². The van der Waals surface area contributed by atoms with Crippen LogP contribution in [0.5, 0.6) is 0 Å².